The van der Waals surface area contributed by atoms with Crippen molar-refractivity contribution in [1.82, 2.24) is 10.5 Å². The number of nitrogens with zero attached hydrogens (tertiary/aromatic N) is 1. The first-order valence-corrected chi connectivity index (χ1v) is 6.66. The molecule has 1 atom stereocenters. The fourth-order valence-electron chi connectivity index (χ4n) is 1.93. The highest BCUT2D eigenvalue weighted by molar-refractivity contribution is 5.92. The standard InChI is InChI=1S/C13H20N2O4/c1-10-8-12(15-19-10)13(16)14-5-3-6-17-9-11-4-2-7-18-11/h8,11H,2-7,9H2,1H3,(H,14,16)/t11-/m1/s1. The second-order valence-electron chi connectivity index (χ2n) is 4.64. The van der Waals surface area contributed by atoms with Crippen molar-refractivity contribution < 1.29 is 18.8 Å². The highest BCUT2D eigenvalue weighted by Gasteiger charge is 2.15. The molecule has 1 aromatic heterocycles. The number of rotatable bonds is 7. The van der Waals surface area contributed by atoms with E-state index in [4.69, 9.17) is 14.0 Å². The van der Waals surface area contributed by atoms with E-state index in [1.54, 1.807) is 13.0 Å². The molecule has 2 heterocycles. The molecule has 0 aliphatic carbocycles. The van der Waals surface area contributed by atoms with E-state index in [1.807, 2.05) is 0 Å². The largest absolute Gasteiger partial charge is 0.379 e. The molecular weight excluding hydrogens is 248 g/mol. The fourth-order valence-corrected chi connectivity index (χ4v) is 1.93. The molecule has 0 aromatic carbocycles. The molecule has 19 heavy (non-hydrogen) atoms. The van der Waals surface area contributed by atoms with Crippen molar-refractivity contribution in [3.63, 3.8) is 0 Å². The lowest BCUT2D eigenvalue weighted by Crippen LogP contribution is -2.26. The Bertz CT molecular complexity index is 399. The van der Waals surface area contributed by atoms with Crippen LogP contribution in [0.15, 0.2) is 10.6 Å². The van der Waals surface area contributed by atoms with Gasteiger partial charge in [0.15, 0.2) is 5.69 Å². The van der Waals surface area contributed by atoms with Gasteiger partial charge in [-0.2, -0.15) is 0 Å². The number of ether oxygens (including phenoxy) is 2. The monoisotopic (exact) mass is 268 g/mol. The van der Waals surface area contributed by atoms with Crippen molar-refractivity contribution in [3.05, 3.63) is 17.5 Å². The number of hydrogen-bond donors (Lipinski definition) is 1. The zero-order valence-corrected chi connectivity index (χ0v) is 11.2. The minimum atomic E-state index is -0.212. The number of aryl methyl sites for hydroxylation is 1. The molecule has 0 radical (unpaired) electrons. The summed E-state index contributed by atoms with van der Waals surface area (Å²) in [5.74, 6) is 0.418. The van der Waals surface area contributed by atoms with Crippen LogP contribution in [0.5, 0.6) is 0 Å². The highest BCUT2D eigenvalue weighted by Crippen LogP contribution is 2.11. The molecule has 1 fully saturated rings. The second-order valence-corrected chi connectivity index (χ2v) is 4.64. The van der Waals surface area contributed by atoms with Gasteiger partial charge in [-0.25, -0.2) is 0 Å². The van der Waals surface area contributed by atoms with E-state index in [2.05, 4.69) is 10.5 Å². The minimum Gasteiger partial charge on any atom is -0.379 e. The van der Waals surface area contributed by atoms with Gasteiger partial charge in [0.25, 0.3) is 5.91 Å². The summed E-state index contributed by atoms with van der Waals surface area (Å²) in [6.45, 7) is 4.44. The maximum atomic E-state index is 11.6. The van der Waals surface area contributed by atoms with Crippen LogP contribution in [-0.4, -0.2) is 43.5 Å². The molecule has 1 N–H and O–H groups in total. The number of amides is 1. The third kappa shape index (κ3) is 4.65. The predicted octanol–water partition coefficient (Wildman–Crippen LogP) is 1.30. The van der Waals surface area contributed by atoms with Crippen LogP contribution in [0, 0.1) is 6.92 Å². The van der Waals surface area contributed by atoms with Crippen molar-refractivity contribution in [2.45, 2.75) is 32.3 Å². The Morgan fingerprint density at radius 2 is 2.53 bits per heavy atom. The summed E-state index contributed by atoms with van der Waals surface area (Å²) < 4.78 is 15.8. The van der Waals surface area contributed by atoms with Gasteiger partial charge in [0.2, 0.25) is 0 Å². The number of carbonyl (C=O) groups is 1. The van der Waals surface area contributed by atoms with Gasteiger partial charge in [0.05, 0.1) is 12.7 Å². The van der Waals surface area contributed by atoms with Crippen LogP contribution in [0.1, 0.15) is 35.5 Å². The molecule has 2 rings (SSSR count). The predicted molar refractivity (Wildman–Crippen MR) is 68.0 cm³/mol. The van der Waals surface area contributed by atoms with E-state index in [1.165, 1.54) is 0 Å². The maximum absolute atomic E-state index is 11.6. The third-order valence-corrected chi connectivity index (χ3v) is 2.94. The molecule has 0 bridgehead atoms. The van der Waals surface area contributed by atoms with Gasteiger partial charge in [-0.1, -0.05) is 5.16 Å². The Labute approximate surface area is 112 Å². The van der Waals surface area contributed by atoms with E-state index < -0.39 is 0 Å². The molecule has 1 saturated heterocycles. The van der Waals surface area contributed by atoms with Crippen molar-refractivity contribution in [3.8, 4) is 0 Å². The van der Waals surface area contributed by atoms with Crippen LogP contribution < -0.4 is 5.32 Å². The molecule has 1 aliphatic rings. The first kappa shape index (κ1) is 14.0. The number of hydrogen-bond acceptors (Lipinski definition) is 5. The van der Waals surface area contributed by atoms with E-state index in [0.29, 0.717) is 31.2 Å². The average molecular weight is 268 g/mol. The van der Waals surface area contributed by atoms with Crippen LogP contribution in [0.3, 0.4) is 0 Å². The number of carbonyl (C=O) groups excluding carboxylic acids is 1. The van der Waals surface area contributed by atoms with E-state index in [0.717, 1.165) is 25.9 Å². The summed E-state index contributed by atoms with van der Waals surface area (Å²) >= 11 is 0. The Hall–Kier alpha value is -1.40. The van der Waals surface area contributed by atoms with Crippen LogP contribution in [-0.2, 0) is 9.47 Å². The molecule has 1 aromatic rings. The van der Waals surface area contributed by atoms with Crippen LogP contribution in [0.25, 0.3) is 0 Å². The average Bonchev–Trinajstić information content (AvgIpc) is 3.04. The van der Waals surface area contributed by atoms with E-state index in [9.17, 15) is 4.79 Å². The molecule has 106 valence electrons. The summed E-state index contributed by atoms with van der Waals surface area (Å²) in [5, 5.41) is 6.42. The topological polar surface area (TPSA) is 73.6 Å². The lowest BCUT2D eigenvalue weighted by Gasteiger charge is -2.09. The van der Waals surface area contributed by atoms with Crippen LogP contribution >= 0.6 is 0 Å². The summed E-state index contributed by atoms with van der Waals surface area (Å²) in [6.07, 6.45) is 3.24. The van der Waals surface area contributed by atoms with Gasteiger partial charge in [-0.15, -0.1) is 0 Å². The SMILES string of the molecule is Cc1cc(C(=O)NCCCOC[C@H]2CCCO2)no1. The normalized spacial score (nSPS) is 18.7. The zero-order chi connectivity index (χ0) is 13.5. The Kier molecular flexibility index (Phi) is 5.35. The third-order valence-electron chi connectivity index (χ3n) is 2.94. The Balaban J connectivity index is 1.50. The van der Waals surface area contributed by atoms with Crippen molar-refractivity contribution in [2.75, 3.05) is 26.4 Å². The van der Waals surface area contributed by atoms with Gasteiger partial charge < -0.3 is 19.3 Å². The number of nitrogens with one attached hydrogen (secondary N) is 1. The molecule has 0 unspecified atom stereocenters. The summed E-state index contributed by atoms with van der Waals surface area (Å²) in [7, 11) is 0. The van der Waals surface area contributed by atoms with E-state index in [-0.39, 0.29) is 12.0 Å². The van der Waals surface area contributed by atoms with Gasteiger partial charge in [0.1, 0.15) is 5.76 Å². The first-order chi connectivity index (χ1) is 9.25. The highest BCUT2D eigenvalue weighted by atomic mass is 16.5. The molecular formula is C13H20N2O4. The quantitative estimate of drug-likeness (QED) is 0.754. The lowest BCUT2D eigenvalue weighted by molar-refractivity contribution is 0.0166. The summed E-state index contributed by atoms with van der Waals surface area (Å²) in [4.78, 5) is 11.6. The minimum absolute atomic E-state index is 0.212. The van der Waals surface area contributed by atoms with Gasteiger partial charge in [-0.05, 0) is 26.2 Å². The molecule has 0 spiro atoms. The Morgan fingerprint density at radius 1 is 1.63 bits per heavy atom. The summed E-state index contributed by atoms with van der Waals surface area (Å²) in [5.41, 5.74) is 0.317. The van der Waals surface area contributed by atoms with Gasteiger partial charge in [-0.3, -0.25) is 4.79 Å². The Morgan fingerprint density at radius 3 is 3.21 bits per heavy atom. The van der Waals surface area contributed by atoms with Gasteiger partial charge >= 0.3 is 0 Å². The lowest BCUT2D eigenvalue weighted by atomic mass is 10.2. The zero-order valence-electron chi connectivity index (χ0n) is 11.2. The van der Waals surface area contributed by atoms with Gasteiger partial charge in [0, 0.05) is 25.8 Å². The molecule has 6 heteroatoms. The number of aromatic nitrogens is 1. The van der Waals surface area contributed by atoms with Crippen molar-refractivity contribution >= 4 is 5.91 Å². The smallest absolute Gasteiger partial charge is 0.273 e. The van der Waals surface area contributed by atoms with Crippen LogP contribution in [0.4, 0.5) is 0 Å². The fraction of sp³-hybridized carbons (Fsp3) is 0.692. The maximum Gasteiger partial charge on any atom is 0.273 e. The van der Waals surface area contributed by atoms with Crippen molar-refractivity contribution in [2.24, 2.45) is 0 Å². The molecule has 1 aliphatic heterocycles. The van der Waals surface area contributed by atoms with E-state index >= 15 is 0 Å². The molecule has 6 nitrogen and oxygen atoms in total. The molecule has 1 amide bonds. The molecule has 0 saturated carbocycles. The first-order valence-electron chi connectivity index (χ1n) is 6.66. The van der Waals surface area contributed by atoms with Crippen LogP contribution in [0.2, 0.25) is 0 Å². The van der Waals surface area contributed by atoms with Crippen molar-refractivity contribution in [1.29, 1.82) is 0 Å². The second kappa shape index (κ2) is 7.25. The summed E-state index contributed by atoms with van der Waals surface area (Å²) in [6, 6.07) is 1.61.